The third kappa shape index (κ3) is 3.21. The maximum absolute atomic E-state index is 13.0. The van der Waals surface area contributed by atoms with E-state index in [0.717, 1.165) is 4.57 Å². The lowest BCUT2D eigenvalue weighted by molar-refractivity contribution is 0.102. The normalized spacial score (nSPS) is 10.8. The van der Waals surface area contributed by atoms with Crippen LogP contribution in [0.15, 0.2) is 82.4 Å². The molecule has 1 aromatic heterocycles. The fraction of sp³-hybridized carbons (Fsp3) is 0. The van der Waals surface area contributed by atoms with Gasteiger partial charge >= 0.3 is 5.69 Å². The van der Waals surface area contributed by atoms with E-state index in [4.69, 9.17) is 0 Å². The molecular formula is C21H14FN3O3. The number of hydrogen-bond donors (Lipinski definition) is 2. The van der Waals surface area contributed by atoms with Crippen molar-refractivity contribution in [3.05, 3.63) is 105 Å². The predicted molar refractivity (Wildman–Crippen MR) is 105 cm³/mol. The minimum Gasteiger partial charge on any atom is -0.322 e. The number of halogens is 1. The number of aromatic nitrogens is 2. The Kier molecular flexibility index (Phi) is 4.33. The minimum atomic E-state index is -0.597. The summed E-state index contributed by atoms with van der Waals surface area (Å²) in [6.07, 6.45) is 0. The number of H-pyrrole nitrogens is 1. The molecule has 0 saturated heterocycles. The molecule has 0 radical (unpaired) electrons. The number of carbonyl (C=O) groups is 1. The Labute approximate surface area is 157 Å². The lowest BCUT2D eigenvalue weighted by Crippen LogP contribution is -2.33. The van der Waals surface area contributed by atoms with Gasteiger partial charge in [0.25, 0.3) is 11.5 Å². The second kappa shape index (κ2) is 6.96. The van der Waals surface area contributed by atoms with Crippen LogP contribution in [0.3, 0.4) is 0 Å². The smallest absolute Gasteiger partial charge is 0.322 e. The van der Waals surface area contributed by atoms with E-state index in [9.17, 15) is 18.8 Å². The van der Waals surface area contributed by atoms with Gasteiger partial charge in [0.1, 0.15) is 5.82 Å². The van der Waals surface area contributed by atoms with Crippen LogP contribution in [0.2, 0.25) is 0 Å². The van der Waals surface area contributed by atoms with E-state index >= 15 is 0 Å². The molecule has 0 unspecified atom stereocenters. The maximum Gasteiger partial charge on any atom is 0.333 e. The van der Waals surface area contributed by atoms with Crippen LogP contribution in [0.4, 0.5) is 10.1 Å². The minimum absolute atomic E-state index is 0.254. The van der Waals surface area contributed by atoms with Crippen molar-refractivity contribution in [2.45, 2.75) is 0 Å². The van der Waals surface area contributed by atoms with Crippen molar-refractivity contribution in [1.82, 2.24) is 9.55 Å². The second-order valence-corrected chi connectivity index (χ2v) is 6.13. The number of anilines is 1. The third-order valence-corrected chi connectivity index (χ3v) is 4.28. The third-order valence-electron chi connectivity index (χ3n) is 4.28. The van der Waals surface area contributed by atoms with E-state index < -0.39 is 23.0 Å². The highest BCUT2D eigenvalue weighted by Gasteiger charge is 2.12. The molecule has 2 N–H and O–H groups in total. The van der Waals surface area contributed by atoms with Gasteiger partial charge in [0.2, 0.25) is 0 Å². The molecular weight excluding hydrogens is 361 g/mol. The van der Waals surface area contributed by atoms with Crippen LogP contribution in [-0.4, -0.2) is 15.5 Å². The molecule has 0 aliphatic heterocycles. The maximum atomic E-state index is 13.0. The first-order chi connectivity index (χ1) is 13.5. The van der Waals surface area contributed by atoms with Crippen molar-refractivity contribution in [3.63, 3.8) is 0 Å². The van der Waals surface area contributed by atoms with E-state index in [1.165, 1.54) is 42.5 Å². The molecule has 4 rings (SSSR count). The lowest BCUT2D eigenvalue weighted by Gasteiger charge is -2.08. The molecule has 0 saturated carbocycles. The molecule has 7 heteroatoms. The molecule has 6 nitrogen and oxygen atoms in total. The fourth-order valence-electron chi connectivity index (χ4n) is 2.91. The summed E-state index contributed by atoms with van der Waals surface area (Å²) in [4.78, 5) is 40.3. The molecule has 0 aliphatic rings. The van der Waals surface area contributed by atoms with E-state index in [2.05, 4.69) is 10.3 Å². The number of benzene rings is 3. The number of fused-ring (bicyclic) bond motifs is 1. The van der Waals surface area contributed by atoms with Crippen LogP contribution < -0.4 is 16.6 Å². The summed E-state index contributed by atoms with van der Waals surface area (Å²) in [6.45, 7) is 0. The first-order valence-corrected chi connectivity index (χ1v) is 8.44. The van der Waals surface area contributed by atoms with Gasteiger partial charge in [0, 0.05) is 11.3 Å². The highest BCUT2D eigenvalue weighted by atomic mass is 19.1. The summed E-state index contributed by atoms with van der Waals surface area (Å²) in [7, 11) is 0. The van der Waals surface area contributed by atoms with Gasteiger partial charge in [0.15, 0.2) is 0 Å². The van der Waals surface area contributed by atoms with Crippen molar-refractivity contribution in [2.75, 3.05) is 5.32 Å². The average molecular weight is 375 g/mol. The van der Waals surface area contributed by atoms with Crippen molar-refractivity contribution >= 4 is 22.5 Å². The summed E-state index contributed by atoms with van der Waals surface area (Å²) in [6, 6.07) is 18.3. The van der Waals surface area contributed by atoms with Gasteiger partial charge in [-0.25, -0.2) is 13.8 Å². The Balaban J connectivity index is 1.74. The topological polar surface area (TPSA) is 84.0 Å². The van der Waals surface area contributed by atoms with Crippen LogP contribution >= 0.6 is 0 Å². The number of hydrogen-bond acceptors (Lipinski definition) is 3. The summed E-state index contributed by atoms with van der Waals surface area (Å²) in [5, 5.41) is 2.92. The van der Waals surface area contributed by atoms with Gasteiger partial charge in [-0.3, -0.25) is 9.59 Å². The molecule has 0 atom stereocenters. The van der Waals surface area contributed by atoms with Gasteiger partial charge < -0.3 is 10.3 Å². The fourth-order valence-corrected chi connectivity index (χ4v) is 2.91. The van der Waals surface area contributed by atoms with Gasteiger partial charge in [-0.2, -0.15) is 0 Å². The second-order valence-electron chi connectivity index (χ2n) is 6.13. The van der Waals surface area contributed by atoms with Gasteiger partial charge in [-0.15, -0.1) is 0 Å². The number of rotatable bonds is 3. The van der Waals surface area contributed by atoms with Gasteiger partial charge in [-0.05, 0) is 54.6 Å². The van der Waals surface area contributed by atoms with E-state index in [0.29, 0.717) is 11.4 Å². The Bertz CT molecular complexity index is 1290. The first-order valence-electron chi connectivity index (χ1n) is 8.44. The largest absolute Gasteiger partial charge is 0.333 e. The van der Waals surface area contributed by atoms with Crippen LogP contribution in [0.5, 0.6) is 0 Å². The van der Waals surface area contributed by atoms with Crippen molar-refractivity contribution in [3.8, 4) is 5.69 Å². The molecule has 0 fully saturated rings. The van der Waals surface area contributed by atoms with Gasteiger partial charge in [0.05, 0.1) is 16.6 Å². The number of amides is 1. The zero-order valence-electron chi connectivity index (χ0n) is 14.5. The average Bonchev–Trinajstić information content (AvgIpc) is 2.70. The zero-order valence-corrected chi connectivity index (χ0v) is 14.5. The molecule has 0 bridgehead atoms. The number of carbonyl (C=O) groups excluding carboxylic acids is 1. The van der Waals surface area contributed by atoms with E-state index in [1.54, 1.807) is 30.3 Å². The number of aromatic amines is 1. The summed E-state index contributed by atoms with van der Waals surface area (Å²) < 4.78 is 14.0. The molecule has 1 amide bonds. The molecule has 0 aliphatic carbocycles. The SMILES string of the molecule is O=C(Nc1ccc(F)cc1)c1ccc2c(=O)n(-c3ccccc3)c(=O)[nH]c2c1. The standard InChI is InChI=1S/C21H14FN3O3/c22-14-7-9-15(10-8-14)23-19(26)13-6-11-17-18(12-13)24-21(28)25(20(17)27)16-4-2-1-3-5-16/h1-12H,(H,23,26)(H,24,28). The number of para-hydroxylation sites is 1. The molecule has 1 heterocycles. The van der Waals surface area contributed by atoms with Crippen molar-refractivity contribution in [2.24, 2.45) is 0 Å². The Morgan fingerprint density at radius 3 is 2.36 bits per heavy atom. The Morgan fingerprint density at radius 1 is 0.929 bits per heavy atom. The summed E-state index contributed by atoms with van der Waals surface area (Å²) in [5.74, 6) is -0.849. The predicted octanol–water partition coefficient (Wildman–Crippen LogP) is 3.07. The Hall–Kier alpha value is -4.00. The highest BCUT2D eigenvalue weighted by Crippen LogP contribution is 2.14. The van der Waals surface area contributed by atoms with Crippen molar-refractivity contribution in [1.29, 1.82) is 0 Å². The monoisotopic (exact) mass is 375 g/mol. The van der Waals surface area contributed by atoms with Crippen LogP contribution in [0.1, 0.15) is 10.4 Å². The Morgan fingerprint density at radius 2 is 1.64 bits per heavy atom. The first kappa shape index (κ1) is 17.4. The molecule has 4 aromatic rings. The van der Waals surface area contributed by atoms with E-state index in [-0.39, 0.29) is 16.5 Å². The van der Waals surface area contributed by atoms with Gasteiger partial charge in [-0.1, -0.05) is 18.2 Å². The summed E-state index contributed by atoms with van der Waals surface area (Å²) in [5.41, 5.74) is 0.321. The van der Waals surface area contributed by atoms with Crippen LogP contribution in [0, 0.1) is 5.82 Å². The highest BCUT2D eigenvalue weighted by molar-refractivity contribution is 6.06. The van der Waals surface area contributed by atoms with Crippen LogP contribution in [0.25, 0.3) is 16.6 Å². The van der Waals surface area contributed by atoms with E-state index in [1.807, 2.05) is 0 Å². The van der Waals surface area contributed by atoms with Crippen molar-refractivity contribution < 1.29 is 9.18 Å². The molecule has 3 aromatic carbocycles. The molecule has 138 valence electrons. The molecule has 28 heavy (non-hydrogen) atoms. The number of nitrogens with one attached hydrogen (secondary N) is 2. The zero-order chi connectivity index (χ0) is 19.7. The van der Waals surface area contributed by atoms with Crippen LogP contribution in [-0.2, 0) is 0 Å². The molecule has 0 spiro atoms. The quantitative estimate of drug-likeness (QED) is 0.577. The summed E-state index contributed by atoms with van der Waals surface area (Å²) >= 11 is 0. The lowest BCUT2D eigenvalue weighted by atomic mass is 10.1. The number of nitrogens with zero attached hydrogens (tertiary/aromatic N) is 1.